The molecule has 1 aliphatic rings. The van der Waals surface area contributed by atoms with Gasteiger partial charge in [0.2, 0.25) is 11.6 Å². The largest absolute Gasteiger partial charge is 0.493 e. The summed E-state index contributed by atoms with van der Waals surface area (Å²) in [6.45, 7) is 4.73. The van der Waals surface area contributed by atoms with Crippen LogP contribution in [0.2, 0.25) is 0 Å². The number of hydrogen-bond acceptors (Lipinski definition) is 10. The third-order valence-electron chi connectivity index (χ3n) is 5.34. The SMILES string of the molecule is CCOc1ccccc1C=NNC(=O)c1nnn(-c2nonc2N)c1CN1CCCCCC1. The van der Waals surface area contributed by atoms with Gasteiger partial charge in [0.25, 0.3) is 5.91 Å². The molecular formula is C21H27N9O3. The molecule has 0 saturated carbocycles. The van der Waals surface area contributed by atoms with Gasteiger partial charge in [-0.2, -0.15) is 9.78 Å². The van der Waals surface area contributed by atoms with Crippen molar-refractivity contribution in [3.8, 4) is 11.6 Å². The molecule has 12 heteroatoms. The molecule has 3 heterocycles. The van der Waals surface area contributed by atoms with E-state index in [1.54, 1.807) is 0 Å². The van der Waals surface area contributed by atoms with E-state index >= 15 is 0 Å². The van der Waals surface area contributed by atoms with Gasteiger partial charge in [-0.25, -0.2) is 10.1 Å². The zero-order valence-electron chi connectivity index (χ0n) is 18.5. The Morgan fingerprint density at radius 3 is 2.76 bits per heavy atom. The standard InChI is InChI=1S/C21H27N9O3/c1-2-32-17-10-6-5-9-15(17)13-23-25-21(31)18-16(14-29-11-7-3-4-8-12-29)30(28-24-18)20-19(22)26-33-27-20/h5-6,9-10,13H,2-4,7-8,11-12,14H2,1H3,(H2,22,26)(H,25,31). The zero-order chi connectivity index (χ0) is 23.0. The van der Waals surface area contributed by atoms with Gasteiger partial charge in [0.15, 0.2) is 5.69 Å². The highest BCUT2D eigenvalue weighted by Gasteiger charge is 2.25. The second kappa shape index (κ2) is 10.7. The van der Waals surface area contributed by atoms with Crippen molar-refractivity contribution in [3.05, 3.63) is 41.2 Å². The van der Waals surface area contributed by atoms with Crippen LogP contribution in [-0.2, 0) is 6.54 Å². The Balaban J connectivity index is 1.56. The fraction of sp³-hybridized carbons (Fsp3) is 0.429. The number of rotatable bonds is 8. The van der Waals surface area contributed by atoms with Crippen LogP contribution < -0.4 is 15.9 Å². The number of nitrogens with one attached hydrogen (secondary N) is 1. The maximum atomic E-state index is 13.0. The third-order valence-corrected chi connectivity index (χ3v) is 5.34. The lowest BCUT2D eigenvalue weighted by atomic mass is 10.2. The van der Waals surface area contributed by atoms with Crippen LogP contribution in [0.4, 0.5) is 5.82 Å². The summed E-state index contributed by atoms with van der Waals surface area (Å²) in [5.41, 5.74) is 9.82. The average molecular weight is 454 g/mol. The number of amides is 1. The van der Waals surface area contributed by atoms with Crippen molar-refractivity contribution < 1.29 is 14.2 Å². The molecule has 12 nitrogen and oxygen atoms in total. The number of nitrogens with two attached hydrogens (primary N) is 1. The number of anilines is 1. The first kappa shape index (κ1) is 22.4. The van der Waals surface area contributed by atoms with E-state index in [-0.39, 0.29) is 17.3 Å². The van der Waals surface area contributed by atoms with E-state index in [9.17, 15) is 4.79 Å². The molecule has 0 radical (unpaired) electrons. The zero-order valence-corrected chi connectivity index (χ0v) is 18.5. The van der Waals surface area contributed by atoms with Gasteiger partial charge in [0.1, 0.15) is 5.75 Å². The number of nitrogens with zero attached hydrogens (tertiary/aromatic N) is 7. The number of aromatic nitrogens is 5. The fourth-order valence-electron chi connectivity index (χ4n) is 3.72. The molecule has 174 valence electrons. The van der Waals surface area contributed by atoms with Gasteiger partial charge in [-0.05, 0) is 55.3 Å². The first-order valence-corrected chi connectivity index (χ1v) is 11.0. The highest BCUT2D eigenvalue weighted by Crippen LogP contribution is 2.20. The second-order valence-corrected chi connectivity index (χ2v) is 7.63. The fourth-order valence-corrected chi connectivity index (χ4v) is 3.72. The topological polar surface area (TPSA) is 150 Å². The number of carbonyl (C=O) groups is 1. The van der Waals surface area contributed by atoms with Gasteiger partial charge in [-0.15, -0.1) is 5.10 Å². The molecule has 1 amide bonds. The van der Waals surface area contributed by atoms with E-state index in [1.165, 1.54) is 23.7 Å². The van der Waals surface area contributed by atoms with E-state index in [2.05, 4.69) is 36.1 Å². The molecule has 3 N–H and O–H groups in total. The Labute approximate surface area is 190 Å². The van der Waals surface area contributed by atoms with E-state index < -0.39 is 5.91 Å². The molecule has 1 saturated heterocycles. The first-order chi connectivity index (χ1) is 16.2. The Morgan fingerprint density at radius 2 is 2.03 bits per heavy atom. The van der Waals surface area contributed by atoms with Crippen molar-refractivity contribution >= 4 is 17.9 Å². The first-order valence-electron chi connectivity index (χ1n) is 11.0. The summed E-state index contributed by atoms with van der Waals surface area (Å²) in [6, 6.07) is 7.43. The maximum absolute atomic E-state index is 13.0. The number of hydrogen-bond donors (Lipinski definition) is 2. The van der Waals surface area contributed by atoms with E-state index in [0.717, 1.165) is 31.5 Å². The highest BCUT2D eigenvalue weighted by molar-refractivity contribution is 5.94. The summed E-state index contributed by atoms with van der Waals surface area (Å²) < 4.78 is 11.7. The van der Waals surface area contributed by atoms with Crippen molar-refractivity contribution in [2.24, 2.45) is 5.10 Å². The number of likely N-dealkylation sites (tertiary alicyclic amines) is 1. The monoisotopic (exact) mass is 453 g/mol. The third kappa shape index (κ3) is 5.34. The lowest BCUT2D eigenvalue weighted by molar-refractivity contribution is 0.0947. The van der Waals surface area contributed by atoms with Gasteiger partial charge >= 0.3 is 0 Å². The normalized spacial score (nSPS) is 14.9. The minimum absolute atomic E-state index is 0.0644. The quantitative estimate of drug-likeness (QED) is 0.384. The lowest BCUT2D eigenvalue weighted by Crippen LogP contribution is -2.28. The number of hydrazone groups is 1. The molecule has 4 rings (SSSR count). The summed E-state index contributed by atoms with van der Waals surface area (Å²) in [6.07, 6.45) is 6.11. The number of ether oxygens (including phenoxy) is 1. The molecular weight excluding hydrogens is 426 g/mol. The Bertz CT molecular complexity index is 1100. The van der Waals surface area contributed by atoms with Crippen molar-refractivity contribution in [3.63, 3.8) is 0 Å². The van der Waals surface area contributed by atoms with Gasteiger partial charge in [0, 0.05) is 12.1 Å². The molecule has 1 aromatic carbocycles. The van der Waals surface area contributed by atoms with Crippen LogP contribution in [0.25, 0.3) is 5.82 Å². The van der Waals surface area contributed by atoms with E-state index in [1.807, 2.05) is 31.2 Å². The van der Waals surface area contributed by atoms with Gasteiger partial charge in [-0.3, -0.25) is 9.69 Å². The van der Waals surface area contributed by atoms with Gasteiger partial charge in [-0.1, -0.05) is 30.2 Å². The van der Waals surface area contributed by atoms with Gasteiger partial charge in [0.05, 0.1) is 18.5 Å². The summed E-state index contributed by atoms with van der Waals surface area (Å²) in [4.78, 5) is 15.2. The Kier molecular flexibility index (Phi) is 7.25. The molecule has 0 spiro atoms. The predicted octanol–water partition coefficient (Wildman–Crippen LogP) is 1.77. The van der Waals surface area contributed by atoms with Crippen LogP contribution in [-0.4, -0.2) is 62.0 Å². The summed E-state index contributed by atoms with van der Waals surface area (Å²) in [7, 11) is 0. The predicted molar refractivity (Wildman–Crippen MR) is 120 cm³/mol. The summed E-state index contributed by atoms with van der Waals surface area (Å²) >= 11 is 0. The molecule has 0 aliphatic carbocycles. The van der Waals surface area contributed by atoms with Crippen molar-refractivity contribution in [1.29, 1.82) is 0 Å². The van der Waals surface area contributed by atoms with Crippen LogP contribution >= 0.6 is 0 Å². The summed E-state index contributed by atoms with van der Waals surface area (Å²) in [5, 5.41) is 19.7. The number of benzene rings is 1. The molecule has 1 aliphatic heterocycles. The number of nitrogen functional groups attached to an aromatic ring is 1. The van der Waals surface area contributed by atoms with Crippen LogP contribution in [0.15, 0.2) is 34.0 Å². The minimum atomic E-state index is -0.494. The van der Waals surface area contributed by atoms with Crippen molar-refractivity contribution in [1.82, 2.24) is 35.6 Å². The van der Waals surface area contributed by atoms with Crippen molar-refractivity contribution in [2.45, 2.75) is 39.2 Å². The molecule has 2 aromatic heterocycles. The maximum Gasteiger partial charge on any atom is 0.293 e. The average Bonchev–Trinajstić information content (AvgIpc) is 3.32. The Morgan fingerprint density at radius 1 is 1.24 bits per heavy atom. The van der Waals surface area contributed by atoms with Crippen LogP contribution in [0.1, 0.15) is 54.4 Å². The second-order valence-electron chi connectivity index (χ2n) is 7.63. The van der Waals surface area contributed by atoms with Crippen molar-refractivity contribution in [2.75, 3.05) is 25.4 Å². The molecule has 0 unspecified atom stereocenters. The van der Waals surface area contributed by atoms with Crippen LogP contribution in [0.3, 0.4) is 0 Å². The minimum Gasteiger partial charge on any atom is -0.493 e. The summed E-state index contributed by atoms with van der Waals surface area (Å²) in [5.74, 6) is 0.445. The van der Waals surface area contributed by atoms with Crippen LogP contribution in [0, 0.1) is 0 Å². The molecule has 3 aromatic rings. The molecule has 0 atom stereocenters. The smallest absolute Gasteiger partial charge is 0.293 e. The molecule has 0 bridgehead atoms. The van der Waals surface area contributed by atoms with Crippen LogP contribution in [0.5, 0.6) is 5.75 Å². The highest BCUT2D eigenvalue weighted by atomic mass is 16.6. The van der Waals surface area contributed by atoms with E-state index in [4.69, 9.17) is 15.1 Å². The van der Waals surface area contributed by atoms with Gasteiger partial charge < -0.3 is 10.5 Å². The molecule has 1 fully saturated rings. The number of para-hydroxylation sites is 1. The number of carbonyl (C=O) groups excluding carboxylic acids is 1. The lowest BCUT2D eigenvalue weighted by Gasteiger charge is -2.20. The van der Waals surface area contributed by atoms with E-state index in [0.29, 0.717) is 24.6 Å². The molecule has 33 heavy (non-hydrogen) atoms. The Hall–Kier alpha value is -3.80.